The first kappa shape index (κ1) is 11.5. The topological polar surface area (TPSA) is 39.7 Å². The average molecular weight is 246 g/mol. The van der Waals surface area contributed by atoms with Crippen LogP contribution in [0.2, 0.25) is 0 Å². The van der Waals surface area contributed by atoms with Gasteiger partial charge in [-0.25, -0.2) is 4.79 Å². The van der Waals surface area contributed by atoms with E-state index in [1.165, 1.54) is 0 Å². The molecule has 2 aliphatic rings. The molecule has 0 radical (unpaired) electrons. The zero-order chi connectivity index (χ0) is 12.5. The van der Waals surface area contributed by atoms with Gasteiger partial charge < -0.3 is 14.7 Å². The van der Waals surface area contributed by atoms with E-state index in [2.05, 4.69) is 16.9 Å². The Hall–Kier alpha value is -1.62. The molecule has 5 heteroatoms. The summed E-state index contributed by atoms with van der Waals surface area (Å²) in [5.74, 6) is 0. The molecule has 0 aromatic carbocycles. The van der Waals surface area contributed by atoms with Crippen molar-refractivity contribution in [2.45, 2.75) is 12.6 Å². The number of likely N-dealkylation sites (N-methyl/N-ethyl adjacent to an activating group) is 1. The van der Waals surface area contributed by atoms with E-state index in [1.54, 1.807) is 6.20 Å². The van der Waals surface area contributed by atoms with E-state index in [9.17, 15) is 4.79 Å². The summed E-state index contributed by atoms with van der Waals surface area (Å²) in [5, 5.41) is 0. The molecular weight excluding hydrogens is 228 g/mol. The Kier molecular flexibility index (Phi) is 2.91. The lowest BCUT2D eigenvalue weighted by Gasteiger charge is -2.33. The molecule has 1 unspecified atom stereocenters. The first-order valence-corrected chi connectivity index (χ1v) is 6.38. The lowest BCUT2D eigenvalue weighted by molar-refractivity contribution is 0.138. The van der Waals surface area contributed by atoms with Crippen LogP contribution < -0.4 is 0 Å². The molecule has 2 saturated heterocycles. The molecule has 0 saturated carbocycles. The predicted molar refractivity (Wildman–Crippen MR) is 68.0 cm³/mol. The van der Waals surface area contributed by atoms with Gasteiger partial charge in [-0.05, 0) is 19.2 Å². The Balaban J connectivity index is 1.70. The molecule has 3 heterocycles. The third-order valence-electron chi connectivity index (χ3n) is 3.71. The molecule has 0 N–H and O–H groups in total. The van der Waals surface area contributed by atoms with Gasteiger partial charge in [-0.1, -0.05) is 6.07 Å². The molecule has 2 aliphatic heterocycles. The van der Waals surface area contributed by atoms with Crippen LogP contribution in [0, 0.1) is 0 Å². The lowest BCUT2D eigenvalue weighted by Crippen LogP contribution is -2.50. The highest BCUT2D eigenvalue weighted by atomic mass is 16.2. The van der Waals surface area contributed by atoms with E-state index in [4.69, 9.17) is 0 Å². The summed E-state index contributed by atoms with van der Waals surface area (Å²) in [6.07, 6.45) is 1.77. The third-order valence-corrected chi connectivity index (χ3v) is 3.71. The van der Waals surface area contributed by atoms with E-state index in [0.29, 0.717) is 12.6 Å². The molecule has 0 aliphatic carbocycles. The Morgan fingerprint density at radius 1 is 1.33 bits per heavy atom. The van der Waals surface area contributed by atoms with Gasteiger partial charge >= 0.3 is 6.03 Å². The van der Waals surface area contributed by atoms with E-state index in [0.717, 1.165) is 31.9 Å². The molecule has 2 amide bonds. The number of hydrogen-bond donors (Lipinski definition) is 0. The molecule has 0 bridgehead atoms. The maximum Gasteiger partial charge on any atom is 0.320 e. The molecule has 18 heavy (non-hydrogen) atoms. The quantitative estimate of drug-likeness (QED) is 0.768. The van der Waals surface area contributed by atoms with E-state index < -0.39 is 0 Å². The van der Waals surface area contributed by atoms with Gasteiger partial charge in [0, 0.05) is 32.4 Å². The number of pyridine rings is 1. The number of aromatic nitrogens is 1. The summed E-state index contributed by atoms with van der Waals surface area (Å²) in [6.45, 7) is 4.24. The second-order valence-electron chi connectivity index (χ2n) is 5.09. The van der Waals surface area contributed by atoms with Crippen LogP contribution >= 0.6 is 0 Å². The largest absolute Gasteiger partial charge is 0.320 e. The normalized spacial score (nSPS) is 24.5. The van der Waals surface area contributed by atoms with Crippen molar-refractivity contribution in [2.24, 2.45) is 0 Å². The Bertz CT molecular complexity index is 436. The van der Waals surface area contributed by atoms with E-state index >= 15 is 0 Å². The van der Waals surface area contributed by atoms with Gasteiger partial charge in [-0.3, -0.25) is 4.98 Å². The van der Waals surface area contributed by atoms with Crippen molar-refractivity contribution in [1.29, 1.82) is 0 Å². The van der Waals surface area contributed by atoms with E-state index in [1.807, 2.05) is 28.0 Å². The minimum atomic E-state index is 0.166. The number of rotatable bonds is 2. The second-order valence-corrected chi connectivity index (χ2v) is 5.09. The van der Waals surface area contributed by atoms with Crippen LogP contribution in [-0.2, 0) is 6.54 Å². The summed E-state index contributed by atoms with van der Waals surface area (Å²) >= 11 is 0. The average Bonchev–Trinajstić information content (AvgIpc) is 2.67. The molecule has 3 rings (SSSR count). The van der Waals surface area contributed by atoms with Crippen LogP contribution in [0.3, 0.4) is 0 Å². The maximum atomic E-state index is 12.3. The highest BCUT2D eigenvalue weighted by molar-refractivity contribution is 5.77. The number of nitrogens with zero attached hydrogens (tertiary/aromatic N) is 4. The third kappa shape index (κ3) is 2.06. The van der Waals surface area contributed by atoms with Crippen molar-refractivity contribution in [3.63, 3.8) is 0 Å². The fourth-order valence-corrected chi connectivity index (χ4v) is 2.75. The van der Waals surface area contributed by atoms with Gasteiger partial charge in [0.15, 0.2) is 0 Å². The van der Waals surface area contributed by atoms with E-state index in [-0.39, 0.29) is 6.03 Å². The zero-order valence-electron chi connectivity index (χ0n) is 10.6. The SMILES string of the molecule is CN1CCN2C(=O)N(Cc3ccccn3)CC2C1. The summed E-state index contributed by atoms with van der Waals surface area (Å²) in [5.41, 5.74) is 0.957. The maximum absolute atomic E-state index is 12.3. The molecule has 1 aromatic rings. The predicted octanol–water partition coefficient (Wildman–Crippen LogP) is 0.633. The van der Waals surface area contributed by atoms with Crippen molar-refractivity contribution < 1.29 is 4.79 Å². The number of urea groups is 1. The fourth-order valence-electron chi connectivity index (χ4n) is 2.75. The van der Waals surface area contributed by atoms with Crippen molar-refractivity contribution in [1.82, 2.24) is 19.7 Å². The number of carbonyl (C=O) groups is 1. The molecular formula is C13H18N4O. The standard InChI is InChI=1S/C13H18N4O/c1-15-6-7-17-12(9-15)10-16(13(17)18)8-11-4-2-3-5-14-11/h2-5,12H,6-10H2,1H3. The zero-order valence-corrected chi connectivity index (χ0v) is 10.6. The van der Waals surface area contributed by atoms with Crippen LogP contribution in [0.1, 0.15) is 5.69 Å². The minimum absolute atomic E-state index is 0.166. The van der Waals surface area contributed by atoms with Crippen LogP contribution in [0.25, 0.3) is 0 Å². The first-order chi connectivity index (χ1) is 8.74. The van der Waals surface area contributed by atoms with Crippen LogP contribution in [0.15, 0.2) is 24.4 Å². The fraction of sp³-hybridized carbons (Fsp3) is 0.538. The minimum Gasteiger partial charge on any atom is -0.317 e. The monoisotopic (exact) mass is 246 g/mol. The molecule has 1 aromatic heterocycles. The van der Waals surface area contributed by atoms with Gasteiger partial charge in [-0.2, -0.15) is 0 Å². The van der Waals surface area contributed by atoms with Gasteiger partial charge in [0.2, 0.25) is 0 Å². The van der Waals surface area contributed by atoms with Crippen molar-refractivity contribution in [3.05, 3.63) is 30.1 Å². The molecule has 1 atom stereocenters. The van der Waals surface area contributed by atoms with Gasteiger partial charge in [0.05, 0.1) is 18.3 Å². The molecule has 0 spiro atoms. The highest BCUT2D eigenvalue weighted by Crippen LogP contribution is 2.21. The molecule has 2 fully saturated rings. The number of amides is 2. The van der Waals surface area contributed by atoms with Crippen LogP contribution in [0.5, 0.6) is 0 Å². The van der Waals surface area contributed by atoms with Crippen LogP contribution in [-0.4, -0.2) is 65.0 Å². The van der Waals surface area contributed by atoms with Crippen LogP contribution in [0.4, 0.5) is 4.79 Å². The van der Waals surface area contributed by atoms with Gasteiger partial charge in [0.1, 0.15) is 0 Å². The second kappa shape index (κ2) is 4.57. The number of hydrogen-bond acceptors (Lipinski definition) is 3. The number of carbonyl (C=O) groups excluding carboxylic acids is 1. The Morgan fingerprint density at radius 3 is 3.00 bits per heavy atom. The first-order valence-electron chi connectivity index (χ1n) is 6.38. The smallest absolute Gasteiger partial charge is 0.317 e. The van der Waals surface area contributed by atoms with Crippen molar-refractivity contribution in [3.8, 4) is 0 Å². The summed E-state index contributed by atoms with van der Waals surface area (Å²) in [4.78, 5) is 22.7. The number of piperazine rings is 1. The number of fused-ring (bicyclic) bond motifs is 1. The molecule has 96 valence electrons. The Labute approximate surface area is 107 Å². The highest BCUT2D eigenvalue weighted by Gasteiger charge is 2.39. The summed E-state index contributed by atoms with van der Waals surface area (Å²) in [7, 11) is 2.11. The Morgan fingerprint density at radius 2 is 2.22 bits per heavy atom. The van der Waals surface area contributed by atoms with Gasteiger partial charge in [-0.15, -0.1) is 0 Å². The lowest BCUT2D eigenvalue weighted by atomic mass is 10.2. The molecule has 5 nitrogen and oxygen atoms in total. The summed E-state index contributed by atoms with van der Waals surface area (Å²) in [6, 6.07) is 6.34. The van der Waals surface area contributed by atoms with Crippen molar-refractivity contribution >= 4 is 6.03 Å². The summed E-state index contributed by atoms with van der Waals surface area (Å²) < 4.78 is 0. The van der Waals surface area contributed by atoms with Crippen molar-refractivity contribution in [2.75, 3.05) is 33.2 Å². The van der Waals surface area contributed by atoms with Gasteiger partial charge in [0.25, 0.3) is 0 Å².